The molecular formula is C32H25NO7S. The number of rotatable bonds is 9. The van der Waals surface area contributed by atoms with E-state index in [2.05, 4.69) is 9.47 Å². The predicted octanol–water partition coefficient (Wildman–Crippen LogP) is 5.26. The van der Waals surface area contributed by atoms with Gasteiger partial charge in [0.2, 0.25) is 0 Å². The van der Waals surface area contributed by atoms with Crippen LogP contribution in [0.1, 0.15) is 21.5 Å². The molecular weight excluding hydrogens is 542 g/mol. The SMILES string of the molecule is COC(=O)C(=Cc1ccc(OCCn2c(=O)sc3cc(C(=O)c4cccc5ccccc45)ccc32)cc1)C(=O)OC. The normalized spacial score (nSPS) is 10.8. The molecule has 5 aromatic rings. The molecule has 9 heteroatoms. The second kappa shape index (κ2) is 12.0. The van der Waals surface area contributed by atoms with Crippen molar-refractivity contribution in [3.63, 3.8) is 0 Å². The summed E-state index contributed by atoms with van der Waals surface area (Å²) in [6.07, 6.45) is 1.37. The van der Waals surface area contributed by atoms with E-state index in [1.54, 1.807) is 47.0 Å². The molecule has 1 aromatic heterocycles. The van der Waals surface area contributed by atoms with Gasteiger partial charge in [0, 0.05) is 11.1 Å². The van der Waals surface area contributed by atoms with Crippen LogP contribution in [0.4, 0.5) is 0 Å². The number of aromatic nitrogens is 1. The Balaban J connectivity index is 1.29. The van der Waals surface area contributed by atoms with Gasteiger partial charge in [-0.2, -0.15) is 0 Å². The highest BCUT2D eigenvalue weighted by molar-refractivity contribution is 7.16. The Hall–Kier alpha value is -5.02. The summed E-state index contributed by atoms with van der Waals surface area (Å²) in [5.41, 5.74) is 2.23. The molecule has 4 aromatic carbocycles. The summed E-state index contributed by atoms with van der Waals surface area (Å²) >= 11 is 1.09. The highest BCUT2D eigenvalue weighted by Crippen LogP contribution is 2.25. The standard InChI is InChI=1S/C32H25NO7S/c1-38-30(35)26(31(36)39-2)18-20-10-13-23(14-11-20)40-17-16-33-27-15-12-22(19-28(27)41-32(33)37)29(34)25-9-5-7-21-6-3-4-8-24(21)25/h3-15,18-19H,16-17H2,1-2H3. The van der Waals surface area contributed by atoms with E-state index in [1.165, 1.54) is 20.3 Å². The summed E-state index contributed by atoms with van der Waals surface area (Å²) in [5.74, 6) is -1.13. The fraction of sp³-hybridized carbons (Fsp3) is 0.125. The van der Waals surface area contributed by atoms with E-state index in [-0.39, 0.29) is 22.8 Å². The van der Waals surface area contributed by atoms with Gasteiger partial charge in [0.25, 0.3) is 0 Å². The maximum Gasteiger partial charge on any atom is 0.345 e. The summed E-state index contributed by atoms with van der Waals surface area (Å²) in [4.78, 5) is 49.7. The number of ether oxygens (including phenoxy) is 3. The smallest absolute Gasteiger partial charge is 0.345 e. The second-order valence-electron chi connectivity index (χ2n) is 9.02. The van der Waals surface area contributed by atoms with Gasteiger partial charge < -0.3 is 14.2 Å². The second-order valence-corrected chi connectivity index (χ2v) is 10.0. The monoisotopic (exact) mass is 567 g/mol. The maximum atomic E-state index is 13.4. The number of nitrogens with zero attached hydrogens (tertiary/aromatic N) is 1. The molecule has 0 bridgehead atoms. The van der Waals surface area contributed by atoms with Gasteiger partial charge in [-0.15, -0.1) is 0 Å². The van der Waals surface area contributed by atoms with Crippen molar-refractivity contribution in [1.29, 1.82) is 0 Å². The first-order valence-electron chi connectivity index (χ1n) is 12.7. The number of thiazole rings is 1. The first kappa shape index (κ1) is 27.5. The van der Waals surface area contributed by atoms with Gasteiger partial charge in [-0.05, 0) is 52.7 Å². The average Bonchev–Trinajstić information content (AvgIpc) is 3.33. The van der Waals surface area contributed by atoms with E-state index < -0.39 is 11.9 Å². The molecule has 0 aliphatic rings. The Bertz CT molecular complexity index is 1840. The fourth-order valence-corrected chi connectivity index (χ4v) is 5.46. The minimum absolute atomic E-state index is 0.0944. The number of methoxy groups -OCH3 is 2. The van der Waals surface area contributed by atoms with Crippen molar-refractivity contribution in [2.75, 3.05) is 20.8 Å². The highest BCUT2D eigenvalue weighted by atomic mass is 32.1. The lowest BCUT2D eigenvalue weighted by molar-refractivity contribution is -0.143. The lowest BCUT2D eigenvalue weighted by Gasteiger charge is -2.09. The van der Waals surface area contributed by atoms with Crippen LogP contribution in [0.2, 0.25) is 0 Å². The minimum Gasteiger partial charge on any atom is -0.492 e. The molecule has 1 heterocycles. The van der Waals surface area contributed by atoms with Crippen LogP contribution < -0.4 is 9.61 Å². The van der Waals surface area contributed by atoms with Gasteiger partial charge in [-0.1, -0.05) is 65.9 Å². The Labute approximate surface area is 239 Å². The number of fused-ring (bicyclic) bond motifs is 2. The van der Waals surface area contributed by atoms with Crippen LogP contribution in [0.15, 0.2) is 95.3 Å². The molecule has 0 spiro atoms. The number of hydrogen-bond donors (Lipinski definition) is 0. The molecule has 206 valence electrons. The number of carbonyl (C=O) groups excluding carboxylic acids is 3. The summed E-state index contributed by atoms with van der Waals surface area (Å²) < 4.78 is 17.5. The molecule has 0 atom stereocenters. The van der Waals surface area contributed by atoms with E-state index in [1.807, 2.05) is 42.5 Å². The van der Waals surface area contributed by atoms with Crippen LogP contribution in [-0.2, 0) is 25.6 Å². The molecule has 0 amide bonds. The molecule has 0 saturated heterocycles. The summed E-state index contributed by atoms with van der Waals surface area (Å²) in [7, 11) is 2.37. The van der Waals surface area contributed by atoms with Crippen molar-refractivity contribution in [2.45, 2.75) is 6.54 Å². The summed E-state index contributed by atoms with van der Waals surface area (Å²) in [6.45, 7) is 0.541. The zero-order valence-electron chi connectivity index (χ0n) is 22.3. The molecule has 0 fully saturated rings. The van der Waals surface area contributed by atoms with Crippen molar-refractivity contribution < 1.29 is 28.6 Å². The molecule has 0 radical (unpaired) electrons. The molecule has 0 aliphatic carbocycles. The van der Waals surface area contributed by atoms with Crippen LogP contribution in [-0.4, -0.2) is 43.1 Å². The quantitative estimate of drug-likeness (QED) is 0.0788. The lowest BCUT2D eigenvalue weighted by Crippen LogP contribution is -2.17. The van der Waals surface area contributed by atoms with Gasteiger partial charge >= 0.3 is 16.8 Å². The van der Waals surface area contributed by atoms with E-state index in [4.69, 9.17) is 4.74 Å². The third kappa shape index (κ3) is 5.80. The predicted molar refractivity (Wildman–Crippen MR) is 157 cm³/mol. The van der Waals surface area contributed by atoms with Crippen LogP contribution in [0, 0.1) is 0 Å². The van der Waals surface area contributed by atoms with Crippen LogP contribution in [0.5, 0.6) is 5.75 Å². The highest BCUT2D eigenvalue weighted by Gasteiger charge is 2.19. The largest absolute Gasteiger partial charge is 0.492 e. The third-order valence-corrected chi connectivity index (χ3v) is 7.49. The van der Waals surface area contributed by atoms with Gasteiger partial charge in [-0.25, -0.2) is 9.59 Å². The zero-order valence-corrected chi connectivity index (χ0v) is 23.1. The maximum absolute atomic E-state index is 13.4. The van der Waals surface area contributed by atoms with Gasteiger partial charge in [0.05, 0.1) is 31.0 Å². The molecule has 0 aliphatic heterocycles. The van der Waals surface area contributed by atoms with E-state index in [9.17, 15) is 19.2 Å². The van der Waals surface area contributed by atoms with Gasteiger partial charge in [-0.3, -0.25) is 14.2 Å². The van der Waals surface area contributed by atoms with Crippen LogP contribution in [0.25, 0.3) is 27.1 Å². The Morgan fingerprint density at radius 1 is 0.854 bits per heavy atom. The summed E-state index contributed by atoms with van der Waals surface area (Å²) in [5, 5.41) is 1.88. The van der Waals surface area contributed by atoms with Crippen molar-refractivity contribution in [3.8, 4) is 5.75 Å². The Morgan fingerprint density at radius 3 is 2.29 bits per heavy atom. The van der Waals surface area contributed by atoms with E-state index in [0.717, 1.165) is 32.3 Å². The van der Waals surface area contributed by atoms with Crippen molar-refractivity contribution >= 4 is 56.1 Å². The Morgan fingerprint density at radius 2 is 1.56 bits per heavy atom. The fourth-order valence-electron chi connectivity index (χ4n) is 4.50. The average molecular weight is 568 g/mol. The first-order chi connectivity index (χ1) is 19.9. The van der Waals surface area contributed by atoms with Crippen molar-refractivity contribution in [3.05, 3.63) is 117 Å². The topological polar surface area (TPSA) is 101 Å². The van der Waals surface area contributed by atoms with Gasteiger partial charge in [0.1, 0.15) is 17.9 Å². The number of benzene rings is 4. The molecule has 41 heavy (non-hydrogen) atoms. The van der Waals surface area contributed by atoms with E-state index >= 15 is 0 Å². The summed E-state index contributed by atoms with van der Waals surface area (Å²) in [6, 6.07) is 25.5. The molecule has 0 saturated carbocycles. The number of esters is 2. The van der Waals surface area contributed by atoms with Crippen LogP contribution >= 0.6 is 11.3 Å². The van der Waals surface area contributed by atoms with Gasteiger partial charge in [0.15, 0.2) is 5.78 Å². The molecule has 8 nitrogen and oxygen atoms in total. The van der Waals surface area contributed by atoms with Crippen molar-refractivity contribution in [2.24, 2.45) is 0 Å². The number of carbonyl (C=O) groups is 3. The third-order valence-electron chi connectivity index (χ3n) is 6.55. The Kier molecular flexibility index (Phi) is 8.07. The van der Waals surface area contributed by atoms with E-state index in [0.29, 0.717) is 29.0 Å². The zero-order chi connectivity index (χ0) is 28.9. The first-order valence-corrected chi connectivity index (χ1v) is 13.5. The molecule has 5 rings (SSSR count). The van der Waals surface area contributed by atoms with Crippen molar-refractivity contribution in [1.82, 2.24) is 4.57 Å². The lowest BCUT2D eigenvalue weighted by atomic mass is 9.97. The molecule has 0 N–H and O–H groups in total. The minimum atomic E-state index is -0.796. The number of ketones is 1. The molecule has 0 unspecified atom stereocenters. The number of hydrogen-bond acceptors (Lipinski definition) is 8. The van der Waals surface area contributed by atoms with Crippen LogP contribution in [0.3, 0.4) is 0 Å².